The van der Waals surface area contributed by atoms with E-state index in [9.17, 15) is 5.26 Å². The molecule has 6 heteroatoms. The Labute approximate surface area is 138 Å². The molecule has 3 saturated heterocycles. The van der Waals surface area contributed by atoms with Crippen LogP contribution < -0.4 is 5.32 Å². The van der Waals surface area contributed by atoms with E-state index in [-0.39, 0.29) is 5.72 Å². The molecule has 1 N–H and O–H groups in total. The third-order valence-electron chi connectivity index (χ3n) is 5.23. The first kappa shape index (κ1) is 13.3. The van der Waals surface area contributed by atoms with Gasteiger partial charge in [0.05, 0.1) is 21.7 Å². The second-order valence-electron chi connectivity index (χ2n) is 6.54. The summed E-state index contributed by atoms with van der Waals surface area (Å²) in [5.41, 5.74) is 0.371. The van der Waals surface area contributed by atoms with Crippen LogP contribution in [-0.4, -0.2) is 36.1 Å². The van der Waals surface area contributed by atoms with Crippen molar-refractivity contribution in [2.45, 2.75) is 18.6 Å². The zero-order valence-corrected chi connectivity index (χ0v) is 13.4. The van der Waals surface area contributed by atoms with Crippen LogP contribution in [-0.2, 0) is 4.84 Å². The number of hydrogen-bond acceptors (Lipinski definition) is 6. The third kappa shape index (κ3) is 1.90. The lowest BCUT2D eigenvalue weighted by Crippen LogP contribution is -2.65. The monoisotopic (exact) mass is 324 g/mol. The van der Waals surface area contributed by atoms with E-state index in [0.29, 0.717) is 5.92 Å². The van der Waals surface area contributed by atoms with Gasteiger partial charge in [-0.1, -0.05) is 17.3 Å². The van der Waals surface area contributed by atoms with Gasteiger partial charge in [-0.15, -0.1) is 11.3 Å². The highest BCUT2D eigenvalue weighted by atomic mass is 32.1. The summed E-state index contributed by atoms with van der Waals surface area (Å²) in [6, 6.07) is 10.2. The van der Waals surface area contributed by atoms with Gasteiger partial charge in [-0.2, -0.15) is 5.26 Å². The summed E-state index contributed by atoms with van der Waals surface area (Å²) >= 11 is 1.60. The quantitative estimate of drug-likeness (QED) is 0.875. The van der Waals surface area contributed by atoms with Crippen LogP contribution >= 0.6 is 11.3 Å². The topological polar surface area (TPSA) is 60.6 Å². The SMILES string of the molecule is N#Cc1cccc2cc(C3=NOC4(CN5CCC4CC5)N3)sc12. The van der Waals surface area contributed by atoms with Gasteiger partial charge in [0, 0.05) is 5.92 Å². The molecule has 23 heavy (non-hydrogen) atoms. The molecule has 0 radical (unpaired) electrons. The Bertz CT molecular complexity index is 859. The van der Waals surface area contributed by atoms with Gasteiger partial charge in [0.15, 0.2) is 5.84 Å². The van der Waals surface area contributed by atoms with Crippen molar-refractivity contribution in [3.05, 3.63) is 34.7 Å². The maximum atomic E-state index is 9.26. The Morgan fingerprint density at radius 2 is 2.26 bits per heavy atom. The molecule has 1 aromatic heterocycles. The van der Waals surface area contributed by atoms with Crippen molar-refractivity contribution in [1.82, 2.24) is 10.2 Å². The normalized spacial score (nSPS) is 31.7. The van der Waals surface area contributed by atoms with E-state index >= 15 is 0 Å². The predicted octanol–water partition coefficient (Wildman–Crippen LogP) is 2.48. The lowest BCUT2D eigenvalue weighted by Gasteiger charge is -2.49. The van der Waals surface area contributed by atoms with Gasteiger partial charge < -0.3 is 10.2 Å². The molecule has 5 nitrogen and oxygen atoms in total. The van der Waals surface area contributed by atoms with Crippen LogP contribution in [0.15, 0.2) is 29.4 Å². The van der Waals surface area contributed by atoms with Gasteiger partial charge in [0.2, 0.25) is 5.72 Å². The third-order valence-corrected chi connectivity index (χ3v) is 6.42. The molecule has 5 heterocycles. The standard InChI is InChI=1S/C17H16N4OS/c18-9-12-3-1-2-11-8-14(23-15(11)12)16-19-17(22-20-16)10-21-6-4-13(17)5-7-21/h1-3,8,13H,4-7,10H2,(H,19,20). The van der Waals surface area contributed by atoms with E-state index in [2.05, 4.69) is 27.5 Å². The van der Waals surface area contributed by atoms with Gasteiger partial charge >= 0.3 is 0 Å². The molecule has 2 bridgehead atoms. The van der Waals surface area contributed by atoms with Crippen LogP contribution in [0.5, 0.6) is 0 Å². The fourth-order valence-electron chi connectivity index (χ4n) is 4.01. The first-order chi connectivity index (χ1) is 11.3. The average Bonchev–Trinajstić information content (AvgIpc) is 3.20. The molecule has 1 aromatic carbocycles. The van der Waals surface area contributed by atoms with E-state index in [0.717, 1.165) is 32.9 Å². The maximum Gasteiger partial charge on any atom is 0.224 e. The fourth-order valence-corrected chi connectivity index (χ4v) is 5.07. The first-order valence-electron chi connectivity index (χ1n) is 7.97. The van der Waals surface area contributed by atoms with Gasteiger partial charge in [-0.05, 0) is 43.5 Å². The predicted molar refractivity (Wildman–Crippen MR) is 89.2 cm³/mol. The summed E-state index contributed by atoms with van der Waals surface area (Å²) in [4.78, 5) is 9.40. The van der Waals surface area contributed by atoms with Crippen molar-refractivity contribution in [2.75, 3.05) is 19.6 Å². The number of thiophene rings is 1. The highest BCUT2D eigenvalue weighted by Gasteiger charge is 2.52. The number of benzene rings is 1. The Morgan fingerprint density at radius 1 is 1.39 bits per heavy atom. The number of nitriles is 1. The van der Waals surface area contributed by atoms with Crippen molar-refractivity contribution < 1.29 is 4.84 Å². The van der Waals surface area contributed by atoms with Crippen LogP contribution in [0, 0.1) is 17.2 Å². The van der Waals surface area contributed by atoms with Gasteiger partial charge in [0.1, 0.15) is 6.07 Å². The smallest absolute Gasteiger partial charge is 0.224 e. The number of fused-ring (bicyclic) bond motifs is 3. The Hall–Kier alpha value is -2.10. The lowest BCUT2D eigenvalue weighted by molar-refractivity contribution is -0.148. The second kappa shape index (κ2) is 4.70. The van der Waals surface area contributed by atoms with Crippen molar-refractivity contribution >= 4 is 27.3 Å². The minimum absolute atomic E-state index is 0.347. The summed E-state index contributed by atoms with van der Waals surface area (Å²) in [6.45, 7) is 3.24. The minimum atomic E-state index is -0.347. The molecule has 2 aromatic rings. The number of hydrogen-bond donors (Lipinski definition) is 1. The molecular weight excluding hydrogens is 308 g/mol. The summed E-state index contributed by atoms with van der Waals surface area (Å²) in [5, 5.41) is 18.3. The summed E-state index contributed by atoms with van der Waals surface area (Å²) < 4.78 is 1.02. The van der Waals surface area contributed by atoms with Crippen molar-refractivity contribution in [1.29, 1.82) is 5.26 Å². The molecular formula is C17H16N4OS. The molecule has 1 unspecified atom stereocenters. The molecule has 1 spiro atoms. The van der Waals surface area contributed by atoms with Gasteiger partial charge in [-0.25, -0.2) is 0 Å². The highest BCUT2D eigenvalue weighted by Crippen LogP contribution is 2.40. The average molecular weight is 324 g/mol. The Kier molecular flexibility index (Phi) is 2.73. The van der Waals surface area contributed by atoms with E-state index in [1.54, 1.807) is 11.3 Å². The lowest BCUT2D eigenvalue weighted by atomic mass is 9.81. The molecule has 4 aliphatic heterocycles. The molecule has 0 aliphatic carbocycles. The van der Waals surface area contributed by atoms with E-state index in [1.807, 2.05) is 18.2 Å². The van der Waals surface area contributed by atoms with Crippen LogP contribution in [0.25, 0.3) is 10.1 Å². The number of nitrogens with one attached hydrogen (secondary N) is 1. The summed E-state index contributed by atoms with van der Waals surface area (Å²) in [5.74, 6) is 1.33. The number of nitrogens with zero attached hydrogens (tertiary/aromatic N) is 3. The molecule has 3 fully saturated rings. The minimum Gasteiger partial charge on any atom is -0.364 e. The zero-order valence-electron chi connectivity index (χ0n) is 12.6. The molecule has 0 amide bonds. The second-order valence-corrected chi connectivity index (χ2v) is 7.59. The summed E-state index contributed by atoms with van der Waals surface area (Å²) in [7, 11) is 0. The van der Waals surface area contributed by atoms with Crippen LogP contribution in [0.4, 0.5) is 0 Å². The van der Waals surface area contributed by atoms with Crippen molar-refractivity contribution in [3.8, 4) is 6.07 Å². The van der Waals surface area contributed by atoms with Crippen molar-refractivity contribution in [3.63, 3.8) is 0 Å². The number of piperidine rings is 3. The van der Waals surface area contributed by atoms with Gasteiger partial charge in [-0.3, -0.25) is 4.90 Å². The molecule has 0 saturated carbocycles. The van der Waals surface area contributed by atoms with Gasteiger partial charge in [0.25, 0.3) is 0 Å². The summed E-state index contributed by atoms with van der Waals surface area (Å²) in [6.07, 6.45) is 2.33. The van der Waals surface area contributed by atoms with Crippen LogP contribution in [0.3, 0.4) is 0 Å². The van der Waals surface area contributed by atoms with Crippen molar-refractivity contribution in [2.24, 2.45) is 11.1 Å². The number of rotatable bonds is 1. The fraction of sp³-hybridized carbons (Fsp3) is 0.412. The molecule has 4 aliphatic rings. The highest BCUT2D eigenvalue weighted by molar-refractivity contribution is 7.21. The number of amidine groups is 1. The Morgan fingerprint density at radius 3 is 3.00 bits per heavy atom. The van der Waals surface area contributed by atoms with Crippen LogP contribution in [0.2, 0.25) is 0 Å². The maximum absolute atomic E-state index is 9.26. The van der Waals surface area contributed by atoms with E-state index < -0.39 is 0 Å². The Balaban J connectivity index is 1.49. The number of oxime groups is 1. The van der Waals surface area contributed by atoms with E-state index in [4.69, 9.17) is 4.84 Å². The molecule has 1 atom stereocenters. The largest absolute Gasteiger partial charge is 0.364 e. The molecule has 6 rings (SSSR count). The van der Waals surface area contributed by atoms with E-state index in [1.165, 1.54) is 25.9 Å². The first-order valence-corrected chi connectivity index (χ1v) is 8.79. The van der Waals surface area contributed by atoms with Crippen LogP contribution in [0.1, 0.15) is 23.3 Å². The molecule has 116 valence electrons. The zero-order chi connectivity index (χ0) is 15.4.